The summed E-state index contributed by atoms with van der Waals surface area (Å²) < 4.78 is 5.36. The molecule has 0 radical (unpaired) electrons. The molecule has 26 heavy (non-hydrogen) atoms. The number of hydrogen-bond acceptors (Lipinski definition) is 4. The molecule has 1 amide bonds. The summed E-state index contributed by atoms with van der Waals surface area (Å²) in [5.41, 5.74) is 8.70. The van der Waals surface area contributed by atoms with Crippen LogP contribution in [0.1, 0.15) is 23.1 Å². The Balaban J connectivity index is 2.28. The first-order chi connectivity index (χ1) is 12.4. The van der Waals surface area contributed by atoms with E-state index in [0.29, 0.717) is 12.3 Å². The van der Waals surface area contributed by atoms with E-state index < -0.39 is 24.3 Å². The van der Waals surface area contributed by atoms with Crippen LogP contribution >= 0.6 is 0 Å². The zero-order chi connectivity index (χ0) is 19.1. The molecule has 0 saturated heterocycles. The average Bonchev–Trinajstić information content (AvgIpc) is 2.60. The van der Waals surface area contributed by atoms with E-state index in [1.165, 1.54) is 0 Å². The first-order valence-electron chi connectivity index (χ1n) is 8.34. The molecule has 0 aromatic heterocycles. The van der Waals surface area contributed by atoms with Gasteiger partial charge in [-0.2, -0.15) is 0 Å². The molecule has 1 atom stereocenters. The highest BCUT2D eigenvalue weighted by molar-refractivity contribution is 5.86. The normalized spacial score (nSPS) is 11.7. The lowest BCUT2D eigenvalue weighted by molar-refractivity contribution is -0.142. The Morgan fingerprint density at radius 2 is 1.88 bits per heavy atom. The number of hydrogen-bond donors (Lipinski definition) is 2. The van der Waals surface area contributed by atoms with Crippen LogP contribution in [0.4, 0.5) is 0 Å². The van der Waals surface area contributed by atoms with E-state index in [1.54, 1.807) is 12.0 Å². The number of aliphatic carboxylic acids is 1. The fraction of sp³-hybridized carbons (Fsp3) is 0.300. The van der Waals surface area contributed by atoms with Crippen molar-refractivity contribution < 1.29 is 19.4 Å². The van der Waals surface area contributed by atoms with Crippen molar-refractivity contribution in [2.24, 2.45) is 5.73 Å². The minimum absolute atomic E-state index is 0.282. The first kappa shape index (κ1) is 19.5. The second-order valence-electron chi connectivity index (χ2n) is 6.20. The maximum absolute atomic E-state index is 12.8. The van der Waals surface area contributed by atoms with Crippen molar-refractivity contribution in [2.45, 2.75) is 32.5 Å². The summed E-state index contributed by atoms with van der Waals surface area (Å²) in [6.45, 7) is 2.60. The lowest BCUT2D eigenvalue weighted by Crippen LogP contribution is -2.44. The molecule has 6 heteroatoms. The minimum Gasteiger partial charge on any atom is -0.496 e. The Morgan fingerprint density at radius 3 is 2.54 bits per heavy atom. The summed E-state index contributed by atoms with van der Waals surface area (Å²) in [5, 5.41) is 8.94. The smallest absolute Gasteiger partial charge is 0.305 e. The molecular weight excluding hydrogens is 332 g/mol. The molecule has 2 aromatic rings. The maximum Gasteiger partial charge on any atom is 0.305 e. The van der Waals surface area contributed by atoms with Gasteiger partial charge in [-0.15, -0.1) is 0 Å². The van der Waals surface area contributed by atoms with Crippen molar-refractivity contribution in [1.29, 1.82) is 0 Å². The van der Waals surface area contributed by atoms with E-state index in [-0.39, 0.29) is 6.54 Å². The number of nitrogens with zero attached hydrogens (tertiary/aromatic N) is 1. The second kappa shape index (κ2) is 9.01. The van der Waals surface area contributed by atoms with Crippen LogP contribution in [-0.2, 0) is 22.7 Å². The van der Waals surface area contributed by atoms with Gasteiger partial charge in [-0.3, -0.25) is 9.59 Å². The molecule has 2 aromatic carbocycles. The van der Waals surface area contributed by atoms with E-state index in [9.17, 15) is 9.59 Å². The second-order valence-corrected chi connectivity index (χ2v) is 6.20. The molecule has 0 heterocycles. The van der Waals surface area contributed by atoms with Gasteiger partial charge < -0.3 is 20.5 Å². The van der Waals surface area contributed by atoms with Crippen LogP contribution in [0.5, 0.6) is 5.75 Å². The molecule has 0 saturated carbocycles. The van der Waals surface area contributed by atoms with Gasteiger partial charge in [0.1, 0.15) is 5.75 Å². The monoisotopic (exact) mass is 356 g/mol. The molecular formula is C20H24N2O4. The summed E-state index contributed by atoms with van der Waals surface area (Å²) in [6, 6.07) is 14.1. The SMILES string of the molecule is COc1ccccc1CN(Cc1cccc(C)c1)C(=O)[C@@H](N)CC(=O)O. The van der Waals surface area contributed by atoms with Gasteiger partial charge in [0.25, 0.3) is 0 Å². The van der Waals surface area contributed by atoms with Gasteiger partial charge in [-0.05, 0) is 18.6 Å². The Bertz CT molecular complexity index is 776. The Labute approximate surface area is 153 Å². The number of amides is 1. The highest BCUT2D eigenvalue weighted by atomic mass is 16.5. The number of carbonyl (C=O) groups excluding carboxylic acids is 1. The van der Waals surface area contributed by atoms with Gasteiger partial charge in [-0.25, -0.2) is 0 Å². The fourth-order valence-electron chi connectivity index (χ4n) is 2.79. The maximum atomic E-state index is 12.8. The van der Waals surface area contributed by atoms with Crippen LogP contribution in [-0.4, -0.2) is 35.0 Å². The number of rotatable bonds is 8. The van der Waals surface area contributed by atoms with Gasteiger partial charge in [-0.1, -0.05) is 48.0 Å². The van der Waals surface area contributed by atoms with Crippen LogP contribution in [0.25, 0.3) is 0 Å². The molecule has 0 spiro atoms. The van der Waals surface area contributed by atoms with Crippen LogP contribution in [0.3, 0.4) is 0 Å². The van der Waals surface area contributed by atoms with Gasteiger partial charge >= 0.3 is 5.97 Å². The molecule has 0 aliphatic carbocycles. The average molecular weight is 356 g/mol. The van der Waals surface area contributed by atoms with Gasteiger partial charge in [0.2, 0.25) is 5.91 Å². The third-order valence-corrected chi connectivity index (χ3v) is 4.03. The Hall–Kier alpha value is -2.86. The quantitative estimate of drug-likeness (QED) is 0.757. The number of para-hydroxylation sites is 1. The molecule has 0 aliphatic rings. The highest BCUT2D eigenvalue weighted by Gasteiger charge is 2.24. The standard InChI is InChI=1S/C20H24N2O4/c1-14-6-5-7-15(10-14)12-22(20(25)17(21)11-19(23)24)13-16-8-3-4-9-18(16)26-2/h3-10,17H,11-13,21H2,1-2H3,(H,23,24)/t17-/m0/s1. The highest BCUT2D eigenvalue weighted by Crippen LogP contribution is 2.21. The third kappa shape index (κ3) is 5.32. The Morgan fingerprint density at radius 1 is 1.15 bits per heavy atom. The minimum atomic E-state index is -1.10. The van der Waals surface area contributed by atoms with Crippen molar-refractivity contribution in [1.82, 2.24) is 4.90 Å². The van der Waals surface area contributed by atoms with E-state index in [4.69, 9.17) is 15.6 Å². The predicted molar refractivity (Wildman–Crippen MR) is 98.7 cm³/mol. The van der Waals surface area contributed by atoms with Crippen LogP contribution < -0.4 is 10.5 Å². The topological polar surface area (TPSA) is 92.9 Å². The zero-order valence-electron chi connectivity index (χ0n) is 15.0. The molecule has 2 rings (SSSR count). The van der Waals surface area contributed by atoms with E-state index >= 15 is 0 Å². The van der Waals surface area contributed by atoms with Crippen molar-refractivity contribution in [2.75, 3.05) is 7.11 Å². The van der Waals surface area contributed by atoms with Crippen LogP contribution in [0, 0.1) is 6.92 Å². The van der Waals surface area contributed by atoms with Crippen molar-refractivity contribution >= 4 is 11.9 Å². The number of carboxylic acids is 1. The number of methoxy groups -OCH3 is 1. The fourth-order valence-corrected chi connectivity index (χ4v) is 2.79. The van der Waals surface area contributed by atoms with E-state index in [0.717, 1.165) is 16.7 Å². The number of benzene rings is 2. The first-order valence-corrected chi connectivity index (χ1v) is 8.34. The molecule has 0 aliphatic heterocycles. The number of carboxylic acid groups (broad SMARTS) is 1. The molecule has 6 nitrogen and oxygen atoms in total. The summed E-state index contributed by atoms with van der Waals surface area (Å²) in [6.07, 6.45) is -0.408. The van der Waals surface area contributed by atoms with Crippen molar-refractivity contribution in [3.8, 4) is 5.75 Å². The van der Waals surface area contributed by atoms with Gasteiger partial charge in [0, 0.05) is 18.7 Å². The van der Waals surface area contributed by atoms with Crippen LogP contribution in [0.15, 0.2) is 48.5 Å². The molecule has 138 valence electrons. The number of ether oxygens (including phenoxy) is 1. The van der Waals surface area contributed by atoms with E-state index in [1.807, 2.05) is 55.5 Å². The molecule has 0 bridgehead atoms. The summed E-state index contributed by atoms with van der Waals surface area (Å²) in [7, 11) is 1.57. The molecule has 0 unspecified atom stereocenters. The van der Waals surface area contributed by atoms with Crippen molar-refractivity contribution in [3.05, 3.63) is 65.2 Å². The predicted octanol–water partition coefficient (Wildman–Crippen LogP) is 2.33. The largest absolute Gasteiger partial charge is 0.496 e. The zero-order valence-corrected chi connectivity index (χ0v) is 15.0. The number of carbonyl (C=O) groups is 2. The lowest BCUT2D eigenvalue weighted by atomic mass is 10.1. The van der Waals surface area contributed by atoms with Gasteiger partial charge in [0.05, 0.1) is 19.6 Å². The summed E-state index contributed by atoms with van der Waals surface area (Å²) >= 11 is 0. The lowest BCUT2D eigenvalue weighted by Gasteiger charge is -2.26. The van der Waals surface area contributed by atoms with Gasteiger partial charge in [0.15, 0.2) is 0 Å². The number of nitrogens with two attached hydrogens (primary N) is 1. The summed E-state index contributed by atoms with van der Waals surface area (Å²) in [4.78, 5) is 25.3. The molecule has 3 N–H and O–H groups in total. The number of aryl methyl sites for hydroxylation is 1. The molecule has 0 fully saturated rings. The third-order valence-electron chi connectivity index (χ3n) is 4.03. The van der Waals surface area contributed by atoms with Crippen LogP contribution in [0.2, 0.25) is 0 Å². The summed E-state index contributed by atoms with van der Waals surface area (Å²) in [5.74, 6) is -0.834. The van der Waals surface area contributed by atoms with Crippen molar-refractivity contribution in [3.63, 3.8) is 0 Å². The Kier molecular flexibility index (Phi) is 6.74. The van der Waals surface area contributed by atoms with E-state index in [2.05, 4.69) is 0 Å².